The molecule has 0 spiro atoms. The molecule has 0 radical (unpaired) electrons. The van der Waals surface area contributed by atoms with Crippen molar-refractivity contribution in [2.75, 3.05) is 13.2 Å². The number of carboxylic acids is 1. The predicted octanol–water partition coefficient (Wildman–Crippen LogP) is 2.53. The standard InChI is InChI=1S/C20H23NO5S2/c1-3-25-15-9-13-8-12(2)26-16(13)10-14(15)11-17-19(24)21(20(27)28-17)7-5-4-6-18(22)23/h9-12H,3-8H2,1-2H3,(H,22,23)/p-1/b17-11-/t12-/m0/s1. The Hall–Kier alpha value is -2.06. The number of aliphatic carboxylic acids is 1. The van der Waals surface area contributed by atoms with E-state index in [9.17, 15) is 14.7 Å². The molecular formula is C20H22NO5S2-. The first kappa shape index (κ1) is 20.7. The average Bonchev–Trinajstić information content (AvgIpc) is 3.11. The summed E-state index contributed by atoms with van der Waals surface area (Å²) in [5, 5.41) is 10.5. The van der Waals surface area contributed by atoms with Gasteiger partial charge < -0.3 is 19.4 Å². The highest BCUT2D eigenvalue weighted by atomic mass is 32.2. The van der Waals surface area contributed by atoms with E-state index in [1.54, 1.807) is 6.08 Å². The van der Waals surface area contributed by atoms with Gasteiger partial charge in [-0.1, -0.05) is 24.0 Å². The zero-order chi connectivity index (χ0) is 20.3. The lowest BCUT2D eigenvalue weighted by atomic mass is 10.1. The van der Waals surface area contributed by atoms with Crippen molar-refractivity contribution in [2.24, 2.45) is 0 Å². The third-order valence-electron chi connectivity index (χ3n) is 4.50. The Morgan fingerprint density at radius 1 is 1.46 bits per heavy atom. The van der Waals surface area contributed by atoms with E-state index in [2.05, 4.69) is 0 Å². The van der Waals surface area contributed by atoms with Crippen LogP contribution < -0.4 is 14.6 Å². The van der Waals surface area contributed by atoms with Gasteiger partial charge in [0.05, 0.1) is 11.5 Å². The smallest absolute Gasteiger partial charge is 0.266 e. The highest BCUT2D eigenvalue weighted by Crippen LogP contribution is 2.39. The van der Waals surface area contributed by atoms with Crippen molar-refractivity contribution in [2.45, 2.75) is 45.6 Å². The highest BCUT2D eigenvalue weighted by molar-refractivity contribution is 8.26. The van der Waals surface area contributed by atoms with Gasteiger partial charge in [-0.15, -0.1) is 0 Å². The minimum absolute atomic E-state index is 0.0180. The Kier molecular flexibility index (Phi) is 6.61. The minimum atomic E-state index is -1.08. The summed E-state index contributed by atoms with van der Waals surface area (Å²) in [5.74, 6) is 0.292. The van der Waals surface area contributed by atoms with Crippen LogP contribution in [-0.4, -0.2) is 40.4 Å². The molecular weight excluding hydrogens is 398 g/mol. The number of ether oxygens (including phenoxy) is 2. The number of amides is 1. The topological polar surface area (TPSA) is 78.9 Å². The number of hydrogen-bond donors (Lipinski definition) is 0. The Balaban J connectivity index is 1.78. The Morgan fingerprint density at radius 2 is 2.25 bits per heavy atom. The fraction of sp³-hybridized carbons (Fsp3) is 0.450. The van der Waals surface area contributed by atoms with Crippen LogP contribution in [0.1, 0.15) is 44.2 Å². The van der Waals surface area contributed by atoms with Gasteiger partial charge >= 0.3 is 0 Å². The van der Waals surface area contributed by atoms with E-state index in [4.69, 9.17) is 21.7 Å². The molecule has 150 valence electrons. The van der Waals surface area contributed by atoms with Crippen molar-refractivity contribution in [3.05, 3.63) is 28.2 Å². The van der Waals surface area contributed by atoms with Gasteiger partial charge in [-0.2, -0.15) is 0 Å². The van der Waals surface area contributed by atoms with E-state index in [1.807, 2.05) is 26.0 Å². The van der Waals surface area contributed by atoms with E-state index in [-0.39, 0.29) is 18.4 Å². The van der Waals surface area contributed by atoms with Crippen LogP contribution in [0.5, 0.6) is 11.5 Å². The highest BCUT2D eigenvalue weighted by Gasteiger charge is 2.32. The molecule has 2 heterocycles. The van der Waals surface area contributed by atoms with Gasteiger partial charge in [0.2, 0.25) is 0 Å². The van der Waals surface area contributed by atoms with Gasteiger partial charge in [-0.25, -0.2) is 0 Å². The Labute approximate surface area is 173 Å². The maximum absolute atomic E-state index is 12.8. The first-order valence-corrected chi connectivity index (χ1v) is 10.5. The lowest BCUT2D eigenvalue weighted by Gasteiger charge is -2.14. The molecule has 1 fully saturated rings. The van der Waals surface area contributed by atoms with Crippen molar-refractivity contribution >= 4 is 46.3 Å². The molecule has 0 N–H and O–H groups in total. The van der Waals surface area contributed by atoms with Crippen LogP contribution in [0, 0.1) is 0 Å². The summed E-state index contributed by atoms with van der Waals surface area (Å²) in [7, 11) is 0. The number of fused-ring (bicyclic) bond motifs is 1. The molecule has 0 saturated carbocycles. The lowest BCUT2D eigenvalue weighted by molar-refractivity contribution is -0.305. The number of nitrogens with zero attached hydrogens (tertiary/aromatic N) is 1. The summed E-state index contributed by atoms with van der Waals surface area (Å²) in [4.78, 5) is 25.3. The maximum Gasteiger partial charge on any atom is 0.266 e. The summed E-state index contributed by atoms with van der Waals surface area (Å²) in [6.07, 6.45) is 3.74. The number of unbranched alkanes of at least 4 members (excludes halogenated alkanes) is 1. The fourth-order valence-electron chi connectivity index (χ4n) is 3.22. The number of thioether (sulfide) groups is 1. The predicted molar refractivity (Wildman–Crippen MR) is 110 cm³/mol. The summed E-state index contributed by atoms with van der Waals surface area (Å²) >= 11 is 6.58. The zero-order valence-electron chi connectivity index (χ0n) is 15.9. The summed E-state index contributed by atoms with van der Waals surface area (Å²) in [6, 6.07) is 3.89. The molecule has 1 atom stereocenters. The Bertz CT molecular complexity index is 836. The number of carboxylic acid groups (broad SMARTS) is 1. The fourth-order valence-corrected chi connectivity index (χ4v) is 4.52. The molecule has 1 amide bonds. The quantitative estimate of drug-likeness (QED) is 0.363. The van der Waals surface area contributed by atoms with Crippen LogP contribution in [0.25, 0.3) is 6.08 Å². The van der Waals surface area contributed by atoms with Gasteiger partial charge in [-0.05, 0) is 51.3 Å². The molecule has 6 nitrogen and oxygen atoms in total. The second kappa shape index (κ2) is 8.96. The first-order chi connectivity index (χ1) is 13.4. The van der Waals surface area contributed by atoms with E-state index in [0.717, 1.165) is 29.0 Å². The molecule has 28 heavy (non-hydrogen) atoms. The van der Waals surface area contributed by atoms with E-state index >= 15 is 0 Å². The van der Waals surface area contributed by atoms with Gasteiger partial charge in [0.1, 0.15) is 21.9 Å². The summed E-state index contributed by atoms with van der Waals surface area (Å²) in [6.45, 7) is 4.86. The molecule has 0 unspecified atom stereocenters. The number of hydrogen-bond acceptors (Lipinski definition) is 7. The molecule has 1 aromatic carbocycles. The lowest BCUT2D eigenvalue weighted by Crippen LogP contribution is -2.29. The summed E-state index contributed by atoms with van der Waals surface area (Å²) < 4.78 is 12.1. The van der Waals surface area contributed by atoms with Crippen LogP contribution in [0.4, 0.5) is 0 Å². The van der Waals surface area contributed by atoms with E-state index in [1.165, 1.54) is 16.7 Å². The molecule has 2 aliphatic heterocycles. The van der Waals surface area contributed by atoms with E-state index < -0.39 is 5.97 Å². The second-order valence-electron chi connectivity index (χ2n) is 6.73. The molecule has 2 aliphatic rings. The first-order valence-electron chi connectivity index (χ1n) is 9.30. The number of carbonyl (C=O) groups excluding carboxylic acids is 2. The van der Waals surface area contributed by atoms with Crippen molar-refractivity contribution < 1.29 is 24.2 Å². The zero-order valence-corrected chi connectivity index (χ0v) is 17.5. The van der Waals surface area contributed by atoms with Gasteiger partial charge in [0.15, 0.2) is 0 Å². The van der Waals surface area contributed by atoms with Gasteiger partial charge in [0.25, 0.3) is 5.91 Å². The maximum atomic E-state index is 12.8. The molecule has 0 bridgehead atoms. The molecule has 1 aromatic rings. The number of carbonyl (C=O) groups is 2. The monoisotopic (exact) mass is 420 g/mol. The molecule has 0 aliphatic carbocycles. The second-order valence-corrected chi connectivity index (χ2v) is 8.40. The third kappa shape index (κ3) is 4.67. The summed E-state index contributed by atoms with van der Waals surface area (Å²) in [5.41, 5.74) is 1.89. The van der Waals surface area contributed by atoms with Crippen molar-refractivity contribution in [3.63, 3.8) is 0 Å². The van der Waals surface area contributed by atoms with Crippen molar-refractivity contribution in [3.8, 4) is 11.5 Å². The molecule has 0 aromatic heterocycles. The number of benzene rings is 1. The largest absolute Gasteiger partial charge is 0.550 e. The van der Waals surface area contributed by atoms with Crippen LogP contribution in [0.3, 0.4) is 0 Å². The van der Waals surface area contributed by atoms with E-state index in [0.29, 0.717) is 35.2 Å². The average molecular weight is 421 g/mol. The van der Waals surface area contributed by atoms with Crippen LogP contribution in [0.15, 0.2) is 17.0 Å². The number of rotatable bonds is 8. The SMILES string of the molecule is CCOc1cc2c(cc1/C=C1\SC(=S)N(CCCCC(=O)[O-])C1=O)O[C@@H](C)C2. The van der Waals surface area contributed by atoms with Crippen LogP contribution >= 0.6 is 24.0 Å². The third-order valence-corrected chi connectivity index (χ3v) is 5.88. The van der Waals surface area contributed by atoms with Crippen LogP contribution in [-0.2, 0) is 16.0 Å². The van der Waals surface area contributed by atoms with Gasteiger partial charge in [-0.3, -0.25) is 9.69 Å². The van der Waals surface area contributed by atoms with Crippen molar-refractivity contribution in [1.29, 1.82) is 0 Å². The molecule has 8 heteroatoms. The minimum Gasteiger partial charge on any atom is -0.550 e. The van der Waals surface area contributed by atoms with Gasteiger partial charge in [0, 0.05) is 30.1 Å². The molecule has 1 saturated heterocycles. The van der Waals surface area contributed by atoms with Crippen molar-refractivity contribution in [1.82, 2.24) is 4.90 Å². The van der Waals surface area contributed by atoms with Crippen LogP contribution in [0.2, 0.25) is 0 Å². The Morgan fingerprint density at radius 3 is 2.96 bits per heavy atom. The molecule has 3 rings (SSSR count). The normalized spacial score (nSPS) is 19.9. The number of thiocarbonyl (C=S) groups is 1.